The van der Waals surface area contributed by atoms with E-state index in [0.717, 1.165) is 12.0 Å². The zero-order valence-corrected chi connectivity index (χ0v) is 19.3. The second kappa shape index (κ2) is 8.61. The van der Waals surface area contributed by atoms with Gasteiger partial charge < -0.3 is 5.32 Å². The number of thioether (sulfide) groups is 1. The second-order valence-corrected chi connectivity index (χ2v) is 9.31. The molecule has 0 aromatic heterocycles. The lowest BCUT2D eigenvalue weighted by atomic mass is 10.0. The summed E-state index contributed by atoms with van der Waals surface area (Å²) in [5.74, 6) is -1.29. The maximum absolute atomic E-state index is 13.9. The minimum Gasteiger partial charge on any atom is -0.325 e. The number of aryl methyl sites for hydroxylation is 1. The third-order valence-electron chi connectivity index (χ3n) is 6.10. The van der Waals surface area contributed by atoms with Crippen molar-refractivity contribution in [3.63, 3.8) is 0 Å². The van der Waals surface area contributed by atoms with Crippen LogP contribution in [0.3, 0.4) is 0 Å². The van der Waals surface area contributed by atoms with E-state index in [-0.39, 0.29) is 30.0 Å². The van der Waals surface area contributed by atoms with Crippen LogP contribution in [0.2, 0.25) is 0 Å². The summed E-state index contributed by atoms with van der Waals surface area (Å²) in [5.41, 5.74) is 3.46. The smallest absolute Gasteiger partial charge is 0.269 e. The van der Waals surface area contributed by atoms with Crippen LogP contribution < -0.4 is 15.1 Å². The van der Waals surface area contributed by atoms with Gasteiger partial charge in [-0.05, 0) is 54.4 Å². The number of carbonyl (C=O) groups is 3. The van der Waals surface area contributed by atoms with Crippen molar-refractivity contribution in [2.24, 2.45) is 0 Å². The van der Waals surface area contributed by atoms with Crippen molar-refractivity contribution < 1.29 is 18.8 Å². The van der Waals surface area contributed by atoms with E-state index < -0.39 is 10.7 Å². The van der Waals surface area contributed by atoms with Gasteiger partial charge in [-0.2, -0.15) is 0 Å². The molecule has 172 valence electrons. The largest absolute Gasteiger partial charge is 0.325 e. The van der Waals surface area contributed by atoms with E-state index in [0.29, 0.717) is 22.6 Å². The zero-order chi connectivity index (χ0) is 23.9. The Morgan fingerprint density at radius 2 is 1.74 bits per heavy atom. The van der Waals surface area contributed by atoms with Gasteiger partial charge in [-0.25, -0.2) is 4.39 Å². The van der Waals surface area contributed by atoms with Gasteiger partial charge in [0.1, 0.15) is 12.4 Å². The molecule has 3 aromatic carbocycles. The molecule has 1 N–H and O–H groups in total. The summed E-state index contributed by atoms with van der Waals surface area (Å²) >= 11 is 1.22. The monoisotopic (exact) mass is 475 g/mol. The number of nitrogens with zero attached hydrogens (tertiary/aromatic N) is 2. The van der Waals surface area contributed by atoms with Gasteiger partial charge in [0, 0.05) is 16.9 Å². The molecular weight excluding hydrogens is 453 g/mol. The standard InChI is InChI=1S/C26H22FN3O3S/c1-2-17-7-11-19(12-8-17)28-23(31)15-29-22-6-4-3-5-21(22)26(25(29)33)30(24(32)16-34-26)20-13-9-18(27)10-14-20/h3-14H,2,15-16H2,1H3,(H,28,31)/t26-/m0/s1. The van der Waals surface area contributed by atoms with Crippen molar-refractivity contribution in [1.29, 1.82) is 0 Å². The first-order chi connectivity index (χ1) is 16.4. The molecule has 2 aliphatic heterocycles. The molecule has 2 aliphatic rings. The van der Waals surface area contributed by atoms with Crippen molar-refractivity contribution in [3.05, 3.63) is 89.7 Å². The van der Waals surface area contributed by atoms with Crippen molar-refractivity contribution in [3.8, 4) is 0 Å². The van der Waals surface area contributed by atoms with Crippen LogP contribution in [0.5, 0.6) is 0 Å². The van der Waals surface area contributed by atoms with E-state index in [2.05, 4.69) is 12.2 Å². The van der Waals surface area contributed by atoms with Crippen molar-refractivity contribution in [1.82, 2.24) is 0 Å². The second-order valence-electron chi connectivity index (χ2n) is 8.15. The molecule has 1 saturated heterocycles. The van der Waals surface area contributed by atoms with E-state index >= 15 is 0 Å². The number of hydrogen-bond donors (Lipinski definition) is 1. The highest BCUT2D eigenvalue weighted by molar-refractivity contribution is 8.02. The third kappa shape index (κ3) is 3.54. The Balaban J connectivity index is 1.48. The predicted molar refractivity (Wildman–Crippen MR) is 131 cm³/mol. The van der Waals surface area contributed by atoms with Gasteiger partial charge in [0.05, 0.1) is 11.4 Å². The van der Waals surface area contributed by atoms with E-state index in [9.17, 15) is 18.8 Å². The lowest BCUT2D eigenvalue weighted by molar-refractivity contribution is -0.124. The first-order valence-electron chi connectivity index (χ1n) is 11.0. The van der Waals surface area contributed by atoms with Crippen LogP contribution >= 0.6 is 11.8 Å². The summed E-state index contributed by atoms with van der Waals surface area (Å²) in [5, 5.41) is 2.85. The number of amides is 3. The minimum atomic E-state index is -1.34. The number of rotatable bonds is 5. The molecule has 5 rings (SSSR count). The molecular formula is C26H22FN3O3S. The quantitative estimate of drug-likeness (QED) is 0.597. The van der Waals surface area contributed by atoms with Gasteiger partial charge in [0.2, 0.25) is 16.7 Å². The minimum absolute atomic E-state index is 0.0985. The summed E-state index contributed by atoms with van der Waals surface area (Å²) in [6, 6.07) is 20.2. The topological polar surface area (TPSA) is 69.7 Å². The zero-order valence-electron chi connectivity index (χ0n) is 18.5. The molecule has 2 heterocycles. The van der Waals surface area contributed by atoms with Crippen LogP contribution in [0.4, 0.5) is 21.5 Å². The first-order valence-corrected chi connectivity index (χ1v) is 12.0. The fourth-order valence-corrected chi connectivity index (χ4v) is 5.83. The highest BCUT2D eigenvalue weighted by atomic mass is 32.2. The summed E-state index contributed by atoms with van der Waals surface area (Å²) in [4.78, 5) is 41.3. The van der Waals surface area contributed by atoms with Crippen LogP contribution in [0.25, 0.3) is 0 Å². The molecule has 1 spiro atoms. The highest BCUT2D eigenvalue weighted by Crippen LogP contribution is 2.55. The summed E-state index contributed by atoms with van der Waals surface area (Å²) in [7, 11) is 0. The van der Waals surface area contributed by atoms with Gasteiger partial charge >= 0.3 is 0 Å². The Morgan fingerprint density at radius 3 is 2.44 bits per heavy atom. The SMILES string of the molecule is CCc1ccc(NC(=O)CN2C(=O)[C@@]3(SCC(=O)N3c3ccc(F)cc3)c3ccccc32)cc1. The van der Waals surface area contributed by atoms with Crippen LogP contribution in [0.1, 0.15) is 18.1 Å². The Labute approximate surface area is 200 Å². The van der Waals surface area contributed by atoms with E-state index in [1.165, 1.54) is 45.8 Å². The van der Waals surface area contributed by atoms with E-state index in [1.807, 2.05) is 24.3 Å². The normalized spacial score (nSPS) is 19.1. The number of para-hydroxylation sites is 1. The van der Waals surface area contributed by atoms with Crippen molar-refractivity contribution in [2.75, 3.05) is 27.4 Å². The number of nitrogens with one attached hydrogen (secondary N) is 1. The molecule has 1 atom stereocenters. The maximum Gasteiger partial charge on any atom is 0.269 e. The highest BCUT2D eigenvalue weighted by Gasteiger charge is 2.61. The van der Waals surface area contributed by atoms with Gasteiger partial charge in [0.25, 0.3) is 5.91 Å². The lowest BCUT2D eigenvalue weighted by Gasteiger charge is -2.33. The molecule has 0 aliphatic carbocycles. The fourth-order valence-electron chi connectivity index (χ4n) is 4.47. The van der Waals surface area contributed by atoms with Gasteiger partial charge in [-0.15, -0.1) is 11.8 Å². The Morgan fingerprint density at radius 1 is 1.03 bits per heavy atom. The van der Waals surface area contributed by atoms with Crippen LogP contribution in [-0.4, -0.2) is 30.0 Å². The number of halogens is 1. The third-order valence-corrected chi connectivity index (χ3v) is 7.48. The predicted octanol–water partition coefficient (Wildman–Crippen LogP) is 4.31. The molecule has 1 fully saturated rings. The Kier molecular flexibility index (Phi) is 5.61. The molecule has 3 aromatic rings. The van der Waals surface area contributed by atoms with Gasteiger partial charge in [-0.1, -0.05) is 37.3 Å². The summed E-state index contributed by atoms with van der Waals surface area (Å²) < 4.78 is 13.6. The lowest BCUT2D eigenvalue weighted by Crippen LogP contribution is -2.50. The average molecular weight is 476 g/mol. The number of fused-ring (bicyclic) bond motifs is 2. The molecule has 8 heteroatoms. The molecule has 0 saturated carbocycles. The van der Waals surface area contributed by atoms with E-state index in [1.54, 1.807) is 24.3 Å². The van der Waals surface area contributed by atoms with Crippen molar-refractivity contribution in [2.45, 2.75) is 18.2 Å². The van der Waals surface area contributed by atoms with Gasteiger partial charge in [-0.3, -0.25) is 24.2 Å². The molecule has 0 unspecified atom stereocenters. The van der Waals surface area contributed by atoms with Crippen molar-refractivity contribution >= 4 is 46.5 Å². The summed E-state index contributed by atoms with van der Waals surface area (Å²) in [6.07, 6.45) is 0.899. The molecule has 6 nitrogen and oxygen atoms in total. The number of carbonyl (C=O) groups excluding carboxylic acids is 3. The maximum atomic E-state index is 13.9. The number of benzene rings is 3. The first kappa shape index (κ1) is 22.2. The average Bonchev–Trinajstić information content (AvgIpc) is 3.31. The van der Waals surface area contributed by atoms with Crippen LogP contribution in [-0.2, 0) is 25.7 Å². The molecule has 3 amide bonds. The van der Waals surface area contributed by atoms with Gasteiger partial charge in [0.15, 0.2) is 0 Å². The summed E-state index contributed by atoms with van der Waals surface area (Å²) in [6.45, 7) is 1.86. The molecule has 0 radical (unpaired) electrons. The number of anilines is 3. The molecule has 34 heavy (non-hydrogen) atoms. The Bertz CT molecular complexity index is 1280. The number of hydrogen-bond acceptors (Lipinski definition) is 4. The van der Waals surface area contributed by atoms with Crippen LogP contribution in [0.15, 0.2) is 72.8 Å². The Hall–Kier alpha value is -3.65. The molecule has 0 bridgehead atoms. The fraction of sp³-hybridized carbons (Fsp3) is 0.192. The van der Waals surface area contributed by atoms with Crippen LogP contribution in [0, 0.1) is 5.82 Å². The van der Waals surface area contributed by atoms with E-state index in [4.69, 9.17) is 0 Å².